The van der Waals surface area contributed by atoms with Crippen LogP contribution < -0.4 is 0 Å². The summed E-state index contributed by atoms with van der Waals surface area (Å²) in [5.41, 5.74) is 0.882. The van der Waals surface area contributed by atoms with Crippen LogP contribution in [0.5, 0.6) is 0 Å². The first-order valence-corrected chi connectivity index (χ1v) is 9.13. The van der Waals surface area contributed by atoms with Gasteiger partial charge in [0.1, 0.15) is 12.6 Å². The Morgan fingerprint density at radius 2 is 1.96 bits per heavy atom. The average molecular weight is 351 g/mol. The number of amides is 1. The van der Waals surface area contributed by atoms with Crippen LogP contribution in [0.1, 0.15) is 18.4 Å². The van der Waals surface area contributed by atoms with Crippen molar-refractivity contribution in [1.29, 1.82) is 0 Å². The molecule has 1 unspecified atom stereocenters. The summed E-state index contributed by atoms with van der Waals surface area (Å²) in [5.74, 6) is -0.330. The Hall–Kier alpha value is -1.73. The predicted molar refractivity (Wildman–Crippen MR) is 89.7 cm³/mol. The summed E-state index contributed by atoms with van der Waals surface area (Å²) in [4.78, 5) is 25.5. The topological polar surface area (TPSA) is 76.1 Å². The number of benzene rings is 1. The largest absolute Gasteiger partial charge is 0.480 e. The highest BCUT2D eigenvalue weighted by Crippen LogP contribution is 2.38. The lowest BCUT2D eigenvalue weighted by atomic mass is 9.99. The van der Waals surface area contributed by atoms with Gasteiger partial charge in [0.25, 0.3) is 0 Å². The molecule has 0 bridgehead atoms. The predicted octanol–water partition coefficient (Wildman–Crippen LogP) is 2.58. The van der Waals surface area contributed by atoms with Gasteiger partial charge in [-0.25, -0.2) is 9.59 Å². The molecule has 1 N–H and O–H groups in total. The molecule has 24 heavy (non-hydrogen) atoms. The second kappa shape index (κ2) is 7.90. The molecule has 0 saturated carbocycles. The van der Waals surface area contributed by atoms with Gasteiger partial charge in [0.15, 0.2) is 0 Å². The van der Waals surface area contributed by atoms with E-state index in [0.29, 0.717) is 19.0 Å². The number of thioether (sulfide) groups is 1. The number of carbonyl (C=O) groups excluding carboxylic acids is 1. The summed E-state index contributed by atoms with van der Waals surface area (Å²) in [7, 11) is 0. The SMILES string of the molecule is O=C(O)[C@@H]1CSC(C2CCOCC2)N1C(=O)OCc1ccccc1. The van der Waals surface area contributed by atoms with E-state index < -0.39 is 18.1 Å². The maximum absolute atomic E-state index is 12.6. The van der Waals surface area contributed by atoms with Crippen molar-refractivity contribution in [2.75, 3.05) is 19.0 Å². The lowest BCUT2D eigenvalue weighted by molar-refractivity contribution is -0.142. The molecule has 0 aromatic heterocycles. The maximum Gasteiger partial charge on any atom is 0.411 e. The number of carboxylic acid groups (broad SMARTS) is 1. The van der Waals surface area contributed by atoms with E-state index in [1.807, 2.05) is 30.3 Å². The van der Waals surface area contributed by atoms with E-state index in [1.165, 1.54) is 16.7 Å². The molecule has 2 saturated heterocycles. The molecule has 130 valence electrons. The Morgan fingerprint density at radius 1 is 1.25 bits per heavy atom. The number of hydrogen-bond acceptors (Lipinski definition) is 5. The van der Waals surface area contributed by atoms with Gasteiger partial charge in [0.05, 0.1) is 5.37 Å². The van der Waals surface area contributed by atoms with Gasteiger partial charge in [-0.05, 0) is 24.3 Å². The molecule has 2 aliphatic rings. The van der Waals surface area contributed by atoms with Crippen molar-refractivity contribution >= 4 is 23.8 Å². The van der Waals surface area contributed by atoms with Gasteiger partial charge in [-0.1, -0.05) is 30.3 Å². The number of carboxylic acids is 1. The average Bonchev–Trinajstić information content (AvgIpc) is 3.07. The molecule has 2 aliphatic heterocycles. The number of nitrogens with zero attached hydrogens (tertiary/aromatic N) is 1. The first kappa shape index (κ1) is 17.1. The zero-order chi connectivity index (χ0) is 16.9. The standard InChI is InChI=1S/C17H21NO5S/c19-16(20)14-11-24-15(13-6-8-22-9-7-13)18(14)17(21)23-10-12-4-2-1-3-5-12/h1-5,13-15H,6-11H2,(H,19,20)/t14-,15?/m0/s1. The molecular weight excluding hydrogens is 330 g/mol. The van der Waals surface area contributed by atoms with Crippen LogP contribution in [0.2, 0.25) is 0 Å². The quantitative estimate of drug-likeness (QED) is 0.898. The van der Waals surface area contributed by atoms with Gasteiger partial charge >= 0.3 is 12.1 Å². The Labute approximate surface area is 145 Å². The molecule has 3 rings (SSSR count). The van der Waals surface area contributed by atoms with Crippen LogP contribution >= 0.6 is 11.8 Å². The minimum Gasteiger partial charge on any atom is -0.480 e. The summed E-state index contributed by atoms with van der Waals surface area (Å²) >= 11 is 1.53. The number of hydrogen-bond donors (Lipinski definition) is 1. The molecule has 6 nitrogen and oxygen atoms in total. The Kier molecular flexibility index (Phi) is 5.63. The number of ether oxygens (including phenoxy) is 2. The van der Waals surface area contributed by atoms with Crippen LogP contribution in [0.25, 0.3) is 0 Å². The molecule has 0 radical (unpaired) electrons. The van der Waals surface area contributed by atoms with Crippen molar-refractivity contribution < 1.29 is 24.2 Å². The number of rotatable bonds is 4. The maximum atomic E-state index is 12.6. The van der Waals surface area contributed by atoms with Crippen molar-refractivity contribution in [2.45, 2.75) is 30.9 Å². The van der Waals surface area contributed by atoms with Crippen LogP contribution in [-0.2, 0) is 20.9 Å². The van der Waals surface area contributed by atoms with Gasteiger partial charge in [-0.15, -0.1) is 11.8 Å². The van der Waals surface area contributed by atoms with E-state index in [-0.39, 0.29) is 17.9 Å². The molecule has 1 aromatic rings. The second-order valence-corrected chi connectivity index (χ2v) is 7.12. The third-order valence-electron chi connectivity index (χ3n) is 4.41. The fourth-order valence-electron chi connectivity index (χ4n) is 3.11. The zero-order valence-corrected chi connectivity index (χ0v) is 14.1. The van der Waals surface area contributed by atoms with Gasteiger partial charge in [-0.3, -0.25) is 4.90 Å². The van der Waals surface area contributed by atoms with Gasteiger partial charge in [-0.2, -0.15) is 0 Å². The summed E-state index contributed by atoms with van der Waals surface area (Å²) in [6.45, 7) is 1.46. The zero-order valence-electron chi connectivity index (χ0n) is 13.3. The van der Waals surface area contributed by atoms with Gasteiger partial charge < -0.3 is 14.6 Å². The minimum absolute atomic E-state index is 0.147. The summed E-state index contributed by atoms with van der Waals surface area (Å²) in [5, 5.41) is 9.29. The molecule has 1 aromatic carbocycles. The Bertz CT molecular complexity index is 576. The number of carbonyl (C=O) groups is 2. The highest BCUT2D eigenvalue weighted by molar-refractivity contribution is 8.00. The molecule has 2 fully saturated rings. The third-order valence-corrected chi connectivity index (χ3v) is 5.87. The molecule has 0 spiro atoms. The summed E-state index contributed by atoms with van der Waals surface area (Å²) < 4.78 is 10.8. The molecule has 2 atom stereocenters. The van der Waals surface area contributed by atoms with E-state index in [1.54, 1.807) is 0 Å². The fraction of sp³-hybridized carbons (Fsp3) is 0.529. The first-order chi connectivity index (χ1) is 11.7. The monoisotopic (exact) mass is 351 g/mol. The first-order valence-electron chi connectivity index (χ1n) is 8.08. The van der Waals surface area contributed by atoms with Gasteiger partial charge in [0, 0.05) is 19.0 Å². The van der Waals surface area contributed by atoms with E-state index in [9.17, 15) is 14.7 Å². The van der Waals surface area contributed by atoms with Crippen molar-refractivity contribution in [3.8, 4) is 0 Å². The Balaban J connectivity index is 1.69. The summed E-state index contributed by atoms with van der Waals surface area (Å²) in [6.07, 6.45) is 1.13. The van der Waals surface area contributed by atoms with E-state index in [0.717, 1.165) is 18.4 Å². The molecule has 1 amide bonds. The summed E-state index contributed by atoms with van der Waals surface area (Å²) in [6, 6.07) is 8.56. The molecular formula is C17H21NO5S. The Morgan fingerprint density at radius 3 is 2.62 bits per heavy atom. The van der Waals surface area contributed by atoms with Crippen LogP contribution in [-0.4, -0.2) is 52.5 Å². The van der Waals surface area contributed by atoms with Gasteiger partial charge in [0.2, 0.25) is 0 Å². The van der Waals surface area contributed by atoms with Crippen LogP contribution in [0.15, 0.2) is 30.3 Å². The highest BCUT2D eigenvalue weighted by Gasteiger charge is 2.46. The minimum atomic E-state index is -0.978. The van der Waals surface area contributed by atoms with E-state index >= 15 is 0 Å². The van der Waals surface area contributed by atoms with Crippen molar-refractivity contribution in [1.82, 2.24) is 4.90 Å². The smallest absolute Gasteiger partial charge is 0.411 e. The lowest BCUT2D eigenvalue weighted by Crippen LogP contribution is -2.48. The van der Waals surface area contributed by atoms with Crippen LogP contribution in [0.4, 0.5) is 4.79 Å². The lowest BCUT2D eigenvalue weighted by Gasteiger charge is -2.34. The second-order valence-electron chi connectivity index (χ2n) is 5.98. The normalized spacial score (nSPS) is 24.8. The highest BCUT2D eigenvalue weighted by atomic mass is 32.2. The van der Waals surface area contributed by atoms with Crippen molar-refractivity contribution in [2.24, 2.45) is 5.92 Å². The van der Waals surface area contributed by atoms with E-state index in [4.69, 9.17) is 9.47 Å². The molecule has 0 aliphatic carbocycles. The number of aliphatic carboxylic acids is 1. The van der Waals surface area contributed by atoms with Crippen molar-refractivity contribution in [3.63, 3.8) is 0 Å². The van der Waals surface area contributed by atoms with Crippen LogP contribution in [0, 0.1) is 5.92 Å². The molecule has 2 heterocycles. The molecule has 7 heteroatoms. The van der Waals surface area contributed by atoms with E-state index in [2.05, 4.69) is 0 Å². The third kappa shape index (κ3) is 3.84. The van der Waals surface area contributed by atoms with Crippen LogP contribution in [0.3, 0.4) is 0 Å². The fourth-order valence-corrected chi connectivity index (χ4v) is 4.73. The van der Waals surface area contributed by atoms with Crippen molar-refractivity contribution in [3.05, 3.63) is 35.9 Å².